The van der Waals surface area contributed by atoms with E-state index >= 15 is 0 Å². The molecule has 1 aliphatic heterocycles. The van der Waals surface area contributed by atoms with Crippen LogP contribution in [0.4, 0.5) is 0 Å². The average Bonchev–Trinajstić information content (AvgIpc) is 3.23. The van der Waals surface area contributed by atoms with Gasteiger partial charge >= 0.3 is 5.97 Å². The number of nitrogens with one attached hydrogen (secondary N) is 2. The highest BCUT2D eigenvalue weighted by Gasteiger charge is 2.37. The first-order valence-electron chi connectivity index (χ1n) is 15.6. The second-order valence-electron chi connectivity index (χ2n) is 12.8. The molecule has 10 heteroatoms. The van der Waals surface area contributed by atoms with Crippen LogP contribution in [0.3, 0.4) is 0 Å². The summed E-state index contributed by atoms with van der Waals surface area (Å²) in [7, 11) is -4.13. The first kappa shape index (κ1) is 32.5. The third kappa shape index (κ3) is 6.87. The lowest BCUT2D eigenvalue weighted by molar-refractivity contribution is -0.138. The van der Waals surface area contributed by atoms with Crippen molar-refractivity contribution < 1.29 is 23.1 Å². The molecule has 0 fully saturated rings. The summed E-state index contributed by atoms with van der Waals surface area (Å²) >= 11 is 0. The van der Waals surface area contributed by atoms with Gasteiger partial charge in [0.2, 0.25) is 5.96 Å². The van der Waals surface area contributed by atoms with Crippen LogP contribution in [-0.4, -0.2) is 43.6 Å². The number of carboxylic acid groups (broad SMARTS) is 1. The van der Waals surface area contributed by atoms with Crippen molar-refractivity contribution in [2.75, 3.05) is 6.54 Å². The quantitative estimate of drug-likeness (QED) is 0.140. The third-order valence-corrected chi connectivity index (χ3v) is 10.7. The molecule has 5 rings (SSSR count). The van der Waals surface area contributed by atoms with Crippen molar-refractivity contribution in [3.8, 4) is 5.75 Å². The molecule has 1 atom stereocenters. The second-order valence-corrected chi connectivity index (χ2v) is 14.4. The van der Waals surface area contributed by atoms with E-state index in [0.29, 0.717) is 30.5 Å². The Morgan fingerprint density at radius 3 is 2.20 bits per heavy atom. The second kappa shape index (κ2) is 12.8. The number of benzene rings is 3. The summed E-state index contributed by atoms with van der Waals surface area (Å²) in [5.41, 5.74) is 13.6. The summed E-state index contributed by atoms with van der Waals surface area (Å²) in [5, 5.41) is 13.6. The molecule has 1 aliphatic carbocycles. The first-order chi connectivity index (χ1) is 21.3. The number of fused-ring (bicyclic) bond motifs is 3. The minimum Gasteiger partial charge on any atom is -0.487 e. The molecule has 0 radical (unpaired) electrons. The number of carbonyl (C=O) groups is 1. The molecular weight excluding hydrogens is 588 g/mol. The van der Waals surface area contributed by atoms with Gasteiger partial charge in [0.1, 0.15) is 11.4 Å². The van der Waals surface area contributed by atoms with Gasteiger partial charge in [-0.1, -0.05) is 48.5 Å². The van der Waals surface area contributed by atoms with Crippen molar-refractivity contribution in [2.45, 2.75) is 95.7 Å². The minimum absolute atomic E-state index is 0.0608. The van der Waals surface area contributed by atoms with E-state index in [9.17, 15) is 18.3 Å². The van der Waals surface area contributed by atoms with E-state index in [1.165, 1.54) is 22.3 Å². The van der Waals surface area contributed by atoms with Crippen molar-refractivity contribution in [3.63, 3.8) is 0 Å². The number of hydrogen-bond acceptors (Lipinski definition) is 6. The molecule has 0 saturated carbocycles. The molecule has 1 heterocycles. The topological polar surface area (TPSA) is 143 Å². The Kier molecular flexibility index (Phi) is 9.28. The number of guanidine groups is 1. The van der Waals surface area contributed by atoms with E-state index < -0.39 is 33.6 Å². The predicted molar refractivity (Wildman–Crippen MR) is 176 cm³/mol. The predicted octanol–water partition coefficient (Wildman–Crippen LogP) is 5.02. The van der Waals surface area contributed by atoms with Crippen molar-refractivity contribution >= 4 is 22.0 Å². The highest BCUT2D eigenvalue weighted by molar-refractivity contribution is 7.90. The molecule has 0 bridgehead atoms. The maximum Gasteiger partial charge on any atom is 0.328 e. The van der Waals surface area contributed by atoms with Crippen LogP contribution in [0.1, 0.15) is 83.7 Å². The third-order valence-electron chi connectivity index (χ3n) is 9.03. The van der Waals surface area contributed by atoms with Crippen LogP contribution < -0.4 is 20.5 Å². The summed E-state index contributed by atoms with van der Waals surface area (Å²) in [4.78, 5) is 16.3. The fourth-order valence-electron chi connectivity index (χ4n) is 6.73. The van der Waals surface area contributed by atoms with E-state index in [4.69, 9.17) is 10.5 Å². The lowest BCUT2D eigenvalue weighted by atomic mass is 9.94. The van der Waals surface area contributed by atoms with Crippen LogP contribution >= 0.6 is 0 Å². The van der Waals surface area contributed by atoms with Gasteiger partial charge in [-0.15, -0.1) is 0 Å². The lowest BCUT2D eigenvalue weighted by Gasteiger charge is -2.22. The number of sulfonamides is 1. The Morgan fingerprint density at radius 1 is 1.00 bits per heavy atom. The smallest absolute Gasteiger partial charge is 0.328 e. The van der Waals surface area contributed by atoms with Gasteiger partial charge in [0.15, 0.2) is 6.04 Å². The van der Waals surface area contributed by atoms with Crippen LogP contribution in [-0.2, 0) is 34.1 Å². The minimum atomic E-state index is -4.13. The molecule has 0 saturated heterocycles. The van der Waals surface area contributed by atoms with E-state index in [1.807, 2.05) is 20.8 Å². The molecule has 0 aromatic heterocycles. The number of nitrogens with zero attached hydrogens (tertiary/aromatic N) is 1. The molecule has 240 valence electrons. The van der Waals surface area contributed by atoms with Gasteiger partial charge < -0.3 is 20.9 Å². The fourth-order valence-corrected chi connectivity index (χ4v) is 8.24. The van der Waals surface area contributed by atoms with Crippen molar-refractivity contribution in [1.82, 2.24) is 10.0 Å². The Bertz CT molecular complexity index is 1700. The van der Waals surface area contributed by atoms with Crippen LogP contribution in [0.25, 0.3) is 0 Å². The summed E-state index contributed by atoms with van der Waals surface area (Å²) in [5.74, 6) is -0.874. The number of nitrogens with two attached hydrogens (primary N) is 1. The summed E-state index contributed by atoms with van der Waals surface area (Å²) in [6, 6.07) is 15.9. The van der Waals surface area contributed by atoms with Gasteiger partial charge in [-0.3, -0.25) is 0 Å². The van der Waals surface area contributed by atoms with Crippen molar-refractivity contribution in [2.24, 2.45) is 10.7 Å². The van der Waals surface area contributed by atoms with Gasteiger partial charge in [-0.2, -0.15) is 0 Å². The lowest BCUT2D eigenvalue weighted by Crippen LogP contribution is -2.39. The van der Waals surface area contributed by atoms with Crippen LogP contribution in [0.5, 0.6) is 5.75 Å². The molecule has 45 heavy (non-hydrogen) atoms. The number of rotatable bonds is 10. The summed E-state index contributed by atoms with van der Waals surface area (Å²) < 4.78 is 35.5. The highest BCUT2D eigenvalue weighted by atomic mass is 32.2. The van der Waals surface area contributed by atoms with Crippen LogP contribution in [0, 0.1) is 20.8 Å². The Labute approximate surface area is 266 Å². The average molecular weight is 633 g/mol. The standard InChI is InChI=1S/C35H44N4O5S/c1-21-22(2)32(23(3)28-20-35(4,5)44-31(21)28)45(42,43)39-34(36)38-29(33(40)41)16-10-11-19-37-30-26-14-8-6-12-24(26)17-18-25-13-7-9-15-27(25)30/h6-9,12-15,29-30,37H,10-11,16-20H2,1-5H3,(H,40,41)(H3,36,38,39)/t29-/m0/s1. The molecule has 5 N–H and O–H groups in total. The van der Waals surface area contributed by atoms with Crippen molar-refractivity contribution in [1.29, 1.82) is 0 Å². The SMILES string of the molecule is Cc1c(C)c(S(=O)(=O)NC(N)=N[C@@H](CCCCNC2c3ccccc3CCc3ccccc32)C(=O)O)c(C)c2c1OC(C)(C)C2. The van der Waals surface area contributed by atoms with E-state index in [2.05, 4.69) is 63.6 Å². The number of aryl methyl sites for hydroxylation is 2. The Morgan fingerprint density at radius 2 is 1.60 bits per heavy atom. The zero-order valence-electron chi connectivity index (χ0n) is 26.7. The molecule has 3 aromatic carbocycles. The maximum absolute atomic E-state index is 13.5. The number of aliphatic imine (C=N–C) groups is 1. The van der Waals surface area contributed by atoms with Crippen LogP contribution in [0.2, 0.25) is 0 Å². The van der Waals surface area contributed by atoms with Gasteiger partial charge in [-0.05, 0) is 112 Å². The van der Waals surface area contributed by atoms with E-state index in [0.717, 1.165) is 36.1 Å². The number of aliphatic carboxylic acids is 1. The Balaban J connectivity index is 1.23. The molecule has 0 amide bonds. The normalized spacial score (nSPS) is 16.6. The molecule has 2 aliphatic rings. The summed E-state index contributed by atoms with van der Waals surface area (Å²) in [6.45, 7) is 9.96. The molecule has 0 unspecified atom stereocenters. The number of ether oxygens (including phenoxy) is 1. The molecule has 3 aromatic rings. The molecule has 9 nitrogen and oxygen atoms in total. The van der Waals surface area contributed by atoms with Crippen LogP contribution in [0.15, 0.2) is 58.4 Å². The fraction of sp³-hybridized carbons (Fsp3) is 0.429. The number of unbranched alkanes of at least 4 members (excludes halogenated alkanes) is 1. The first-order valence-corrected chi connectivity index (χ1v) is 17.1. The van der Waals surface area contributed by atoms with Gasteiger partial charge in [0.25, 0.3) is 10.0 Å². The zero-order valence-corrected chi connectivity index (χ0v) is 27.6. The maximum atomic E-state index is 13.5. The van der Waals surface area contributed by atoms with Gasteiger partial charge in [-0.25, -0.2) is 22.9 Å². The monoisotopic (exact) mass is 632 g/mol. The number of hydrogen-bond donors (Lipinski definition) is 4. The molecule has 0 spiro atoms. The van der Waals surface area contributed by atoms with E-state index in [-0.39, 0.29) is 17.4 Å². The van der Waals surface area contributed by atoms with Gasteiger partial charge in [0, 0.05) is 12.0 Å². The van der Waals surface area contributed by atoms with Gasteiger partial charge in [0.05, 0.1) is 10.9 Å². The molecular formula is C35H44N4O5S. The summed E-state index contributed by atoms with van der Waals surface area (Å²) in [6.07, 6.45) is 4.08. The van der Waals surface area contributed by atoms with E-state index in [1.54, 1.807) is 13.8 Å². The highest BCUT2D eigenvalue weighted by Crippen LogP contribution is 2.43. The Hall–Kier alpha value is -3.89. The largest absolute Gasteiger partial charge is 0.487 e. The zero-order chi connectivity index (χ0) is 32.5. The van der Waals surface area contributed by atoms with Crippen molar-refractivity contribution in [3.05, 3.63) is 93.0 Å². The number of carboxylic acids is 1.